The molecule has 0 radical (unpaired) electrons. The number of hydrogen-bond donors (Lipinski definition) is 2. The summed E-state index contributed by atoms with van der Waals surface area (Å²) >= 11 is 0. The van der Waals surface area contributed by atoms with Crippen molar-refractivity contribution in [3.63, 3.8) is 0 Å². The lowest BCUT2D eigenvalue weighted by atomic mass is 10.0. The van der Waals surface area contributed by atoms with Crippen molar-refractivity contribution < 1.29 is 14.2 Å². The Hall–Kier alpha value is -0.890. The van der Waals surface area contributed by atoms with E-state index in [0.717, 1.165) is 91.0 Å². The highest BCUT2D eigenvalue weighted by molar-refractivity contribution is 5.79. The van der Waals surface area contributed by atoms with Gasteiger partial charge in [-0.1, -0.05) is 13.8 Å². The van der Waals surface area contributed by atoms with Crippen LogP contribution in [0.3, 0.4) is 0 Å². The standard InChI is InChI=1S/C20H40N4O3/c1-17(2)19(24-8-13-26-14-9-24)15-23-20(21-3)22-7-4-10-27-16-18-5-11-25-12-6-18/h17-19H,4-16H2,1-3H3,(H2,21,22,23). The third-order valence-electron chi connectivity index (χ3n) is 5.44. The molecule has 2 rings (SSSR count). The summed E-state index contributed by atoms with van der Waals surface area (Å²) in [5.74, 6) is 2.14. The molecular formula is C20H40N4O3. The number of hydrogen-bond acceptors (Lipinski definition) is 5. The van der Waals surface area contributed by atoms with Crippen LogP contribution in [0.15, 0.2) is 4.99 Å². The largest absolute Gasteiger partial charge is 0.381 e. The van der Waals surface area contributed by atoms with Crippen LogP contribution in [0.2, 0.25) is 0 Å². The fourth-order valence-electron chi connectivity index (χ4n) is 3.66. The van der Waals surface area contributed by atoms with Crippen LogP contribution in [-0.4, -0.2) is 89.8 Å². The molecular weight excluding hydrogens is 344 g/mol. The lowest BCUT2D eigenvalue weighted by Gasteiger charge is -2.37. The predicted molar refractivity (Wildman–Crippen MR) is 109 cm³/mol. The monoisotopic (exact) mass is 384 g/mol. The van der Waals surface area contributed by atoms with Gasteiger partial charge in [0.2, 0.25) is 0 Å². The molecule has 0 saturated carbocycles. The number of nitrogens with zero attached hydrogens (tertiary/aromatic N) is 2. The van der Waals surface area contributed by atoms with E-state index in [9.17, 15) is 0 Å². The van der Waals surface area contributed by atoms with E-state index in [2.05, 4.69) is 34.4 Å². The molecule has 27 heavy (non-hydrogen) atoms. The number of guanidine groups is 1. The highest BCUT2D eigenvalue weighted by Crippen LogP contribution is 2.14. The van der Waals surface area contributed by atoms with E-state index < -0.39 is 0 Å². The van der Waals surface area contributed by atoms with Gasteiger partial charge in [0, 0.05) is 65.7 Å². The Bertz CT molecular complexity index is 408. The number of aliphatic imine (C=N–C) groups is 1. The summed E-state index contributed by atoms with van der Waals surface area (Å²) in [6.45, 7) is 13.5. The van der Waals surface area contributed by atoms with Crippen molar-refractivity contribution in [2.24, 2.45) is 16.8 Å². The lowest BCUT2D eigenvalue weighted by Crippen LogP contribution is -2.52. The molecule has 2 aliphatic rings. The quantitative estimate of drug-likeness (QED) is 0.337. The van der Waals surface area contributed by atoms with Gasteiger partial charge in [0.1, 0.15) is 0 Å². The molecule has 1 unspecified atom stereocenters. The summed E-state index contributed by atoms with van der Waals surface area (Å²) in [4.78, 5) is 6.88. The smallest absolute Gasteiger partial charge is 0.191 e. The molecule has 0 bridgehead atoms. The van der Waals surface area contributed by atoms with Crippen molar-refractivity contribution in [3.05, 3.63) is 0 Å². The van der Waals surface area contributed by atoms with Gasteiger partial charge in [-0.15, -0.1) is 0 Å². The van der Waals surface area contributed by atoms with E-state index in [1.807, 2.05) is 7.05 Å². The number of morpholine rings is 1. The van der Waals surface area contributed by atoms with Crippen LogP contribution in [-0.2, 0) is 14.2 Å². The Kier molecular flexibility index (Phi) is 11.0. The molecule has 2 heterocycles. The molecule has 2 N–H and O–H groups in total. The predicted octanol–water partition coefficient (Wildman–Crippen LogP) is 1.34. The molecule has 2 saturated heterocycles. The minimum Gasteiger partial charge on any atom is -0.381 e. The molecule has 158 valence electrons. The Morgan fingerprint density at radius 3 is 2.48 bits per heavy atom. The normalized spacial score (nSPS) is 21.4. The Morgan fingerprint density at radius 2 is 1.81 bits per heavy atom. The molecule has 2 fully saturated rings. The summed E-state index contributed by atoms with van der Waals surface area (Å²) in [5.41, 5.74) is 0. The van der Waals surface area contributed by atoms with Gasteiger partial charge in [-0.25, -0.2) is 0 Å². The van der Waals surface area contributed by atoms with E-state index in [-0.39, 0.29) is 0 Å². The average molecular weight is 385 g/mol. The lowest BCUT2D eigenvalue weighted by molar-refractivity contribution is 0.00751. The molecule has 0 amide bonds. The minimum absolute atomic E-state index is 0.496. The van der Waals surface area contributed by atoms with Gasteiger partial charge in [-0.05, 0) is 31.1 Å². The Morgan fingerprint density at radius 1 is 1.11 bits per heavy atom. The average Bonchev–Trinajstić information content (AvgIpc) is 2.70. The second-order valence-electron chi connectivity index (χ2n) is 7.82. The summed E-state index contributed by atoms with van der Waals surface area (Å²) in [6, 6.07) is 0.496. The van der Waals surface area contributed by atoms with Gasteiger partial charge >= 0.3 is 0 Å². The molecule has 0 aliphatic carbocycles. The van der Waals surface area contributed by atoms with Gasteiger partial charge in [-0.3, -0.25) is 9.89 Å². The number of nitrogens with one attached hydrogen (secondary N) is 2. The van der Waals surface area contributed by atoms with Gasteiger partial charge in [-0.2, -0.15) is 0 Å². The first-order valence-electron chi connectivity index (χ1n) is 10.6. The van der Waals surface area contributed by atoms with Crippen LogP contribution in [0, 0.1) is 11.8 Å². The molecule has 0 aromatic rings. The van der Waals surface area contributed by atoms with E-state index in [1.165, 1.54) is 0 Å². The second kappa shape index (κ2) is 13.3. The van der Waals surface area contributed by atoms with Crippen LogP contribution in [0.5, 0.6) is 0 Å². The number of rotatable bonds is 10. The topological polar surface area (TPSA) is 67.4 Å². The van der Waals surface area contributed by atoms with Gasteiger partial charge in [0.25, 0.3) is 0 Å². The zero-order chi connectivity index (χ0) is 19.3. The highest BCUT2D eigenvalue weighted by atomic mass is 16.5. The molecule has 0 spiro atoms. The van der Waals surface area contributed by atoms with Gasteiger partial charge < -0.3 is 24.8 Å². The summed E-state index contributed by atoms with van der Waals surface area (Å²) in [5, 5.41) is 6.89. The van der Waals surface area contributed by atoms with Crippen LogP contribution in [0.1, 0.15) is 33.1 Å². The molecule has 7 heteroatoms. The van der Waals surface area contributed by atoms with Crippen molar-refractivity contribution in [3.8, 4) is 0 Å². The second-order valence-corrected chi connectivity index (χ2v) is 7.82. The van der Waals surface area contributed by atoms with Crippen molar-refractivity contribution in [1.82, 2.24) is 15.5 Å². The van der Waals surface area contributed by atoms with Crippen LogP contribution >= 0.6 is 0 Å². The molecule has 0 aromatic carbocycles. The maximum atomic E-state index is 5.82. The van der Waals surface area contributed by atoms with Crippen molar-refractivity contribution in [2.45, 2.75) is 39.2 Å². The van der Waals surface area contributed by atoms with Gasteiger partial charge in [0.15, 0.2) is 5.96 Å². The summed E-state index contributed by atoms with van der Waals surface area (Å²) in [6.07, 6.45) is 3.25. The summed E-state index contributed by atoms with van der Waals surface area (Å²) in [7, 11) is 1.83. The van der Waals surface area contributed by atoms with Crippen molar-refractivity contribution in [1.29, 1.82) is 0 Å². The molecule has 2 aliphatic heterocycles. The molecule has 7 nitrogen and oxygen atoms in total. The fraction of sp³-hybridized carbons (Fsp3) is 0.950. The highest BCUT2D eigenvalue weighted by Gasteiger charge is 2.23. The first kappa shape index (κ1) is 22.4. The zero-order valence-corrected chi connectivity index (χ0v) is 17.5. The summed E-state index contributed by atoms with van der Waals surface area (Å²) < 4.78 is 16.7. The van der Waals surface area contributed by atoms with Gasteiger partial charge in [0.05, 0.1) is 13.2 Å². The maximum Gasteiger partial charge on any atom is 0.191 e. The Balaban J connectivity index is 1.57. The third kappa shape index (κ3) is 8.77. The number of ether oxygens (including phenoxy) is 3. The van der Waals surface area contributed by atoms with Crippen molar-refractivity contribution in [2.75, 3.05) is 72.9 Å². The maximum absolute atomic E-state index is 5.82. The van der Waals surface area contributed by atoms with Crippen LogP contribution in [0.4, 0.5) is 0 Å². The van der Waals surface area contributed by atoms with E-state index in [1.54, 1.807) is 0 Å². The third-order valence-corrected chi connectivity index (χ3v) is 5.44. The van der Waals surface area contributed by atoms with E-state index in [4.69, 9.17) is 14.2 Å². The SMILES string of the molecule is CN=C(NCCCOCC1CCOCC1)NCC(C(C)C)N1CCOCC1. The van der Waals surface area contributed by atoms with E-state index in [0.29, 0.717) is 17.9 Å². The fourth-order valence-corrected chi connectivity index (χ4v) is 3.66. The van der Waals surface area contributed by atoms with Crippen LogP contribution in [0.25, 0.3) is 0 Å². The van der Waals surface area contributed by atoms with Crippen molar-refractivity contribution >= 4 is 5.96 Å². The minimum atomic E-state index is 0.496. The molecule has 0 aromatic heterocycles. The Labute approximate surface area is 165 Å². The van der Waals surface area contributed by atoms with E-state index >= 15 is 0 Å². The zero-order valence-electron chi connectivity index (χ0n) is 17.5. The first-order chi connectivity index (χ1) is 13.2. The molecule has 1 atom stereocenters. The van der Waals surface area contributed by atoms with Crippen LogP contribution < -0.4 is 10.6 Å². The first-order valence-corrected chi connectivity index (χ1v) is 10.6.